The lowest BCUT2D eigenvalue weighted by Gasteiger charge is -2.17. The molecule has 0 radical (unpaired) electrons. The van der Waals surface area contributed by atoms with Gasteiger partial charge < -0.3 is 4.57 Å². The van der Waals surface area contributed by atoms with Gasteiger partial charge in [-0.15, -0.1) is 0 Å². The zero-order valence-electron chi connectivity index (χ0n) is 15.9. The molecule has 0 spiro atoms. The van der Waals surface area contributed by atoms with Crippen LogP contribution >= 0.6 is 0 Å². The molecule has 5 nitrogen and oxygen atoms in total. The minimum absolute atomic E-state index is 0.278. The number of hydrogen-bond acceptors (Lipinski definition) is 3. The zero-order valence-corrected chi connectivity index (χ0v) is 16.8. The van der Waals surface area contributed by atoms with Gasteiger partial charge in [-0.3, -0.25) is 4.31 Å². The fourth-order valence-corrected chi connectivity index (χ4v) is 3.79. The number of aromatic nitrogens is 1. The van der Waals surface area contributed by atoms with Crippen LogP contribution in [0.3, 0.4) is 0 Å². The molecule has 0 N–H and O–H groups in total. The maximum Gasteiger partial charge on any atom is 0.416 e. The van der Waals surface area contributed by atoms with Crippen LogP contribution in [-0.2, 0) is 22.7 Å². The second kappa shape index (κ2) is 7.12. The summed E-state index contributed by atoms with van der Waals surface area (Å²) in [6, 6.07) is 11.9. The first-order valence-electron chi connectivity index (χ1n) is 8.67. The van der Waals surface area contributed by atoms with Gasteiger partial charge in [0.05, 0.1) is 34.3 Å². The molecule has 0 atom stereocenters. The Hall–Kier alpha value is -2.99. The Balaban J connectivity index is 2.23. The summed E-state index contributed by atoms with van der Waals surface area (Å²) in [4.78, 5) is 0. The van der Waals surface area contributed by atoms with Crippen molar-refractivity contribution in [3.05, 3.63) is 53.6 Å². The predicted molar refractivity (Wildman–Crippen MR) is 106 cm³/mol. The first-order valence-corrected chi connectivity index (χ1v) is 10.5. The second-order valence-electron chi connectivity index (χ2n) is 6.59. The van der Waals surface area contributed by atoms with E-state index in [2.05, 4.69) is 6.07 Å². The van der Waals surface area contributed by atoms with E-state index in [0.717, 1.165) is 22.7 Å². The number of sulfonamides is 1. The molecule has 0 bridgehead atoms. The lowest BCUT2D eigenvalue weighted by molar-refractivity contribution is -0.137. The van der Waals surface area contributed by atoms with E-state index in [1.54, 1.807) is 35.8 Å². The monoisotopic (exact) mass is 421 g/mol. The summed E-state index contributed by atoms with van der Waals surface area (Å²) in [6.07, 6.45) is -3.40. The van der Waals surface area contributed by atoms with Gasteiger partial charge in [0, 0.05) is 19.0 Å². The quantitative estimate of drug-likeness (QED) is 0.618. The maximum absolute atomic E-state index is 13.2. The van der Waals surface area contributed by atoms with Gasteiger partial charge in [-0.1, -0.05) is 18.2 Å². The van der Waals surface area contributed by atoms with Gasteiger partial charge in [-0.05, 0) is 36.8 Å². The summed E-state index contributed by atoms with van der Waals surface area (Å²) >= 11 is 0. The number of aryl methyl sites for hydroxylation is 1. The fraction of sp³-hybridized carbons (Fsp3) is 0.250. The van der Waals surface area contributed by atoms with Gasteiger partial charge in [0.25, 0.3) is 0 Å². The lowest BCUT2D eigenvalue weighted by Crippen LogP contribution is -2.24. The number of alkyl halides is 3. The molecule has 0 saturated heterocycles. The molecule has 0 amide bonds. The Morgan fingerprint density at radius 2 is 1.76 bits per heavy atom. The topological polar surface area (TPSA) is 66.1 Å². The average molecular weight is 421 g/mol. The van der Waals surface area contributed by atoms with Crippen molar-refractivity contribution in [2.45, 2.75) is 19.6 Å². The smallest absolute Gasteiger partial charge is 0.340 e. The molecule has 0 aliphatic rings. The SMILES string of the molecule is CCn1c(-c2ccc(N(C)S(C)(=O)=O)cc2)c(C#N)c2ccc(C(F)(F)F)cc21. The zero-order chi connectivity index (χ0) is 21.6. The van der Waals surface area contributed by atoms with Crippen LogP contribution < -0.4 is 4.31 Å². The van der Waals surface area contributed by atoms with Gasteiger partial charge in [0.2, 0.25) is 10.0 Å². The molecule has 3 aromatic rings. The van der Waals surface area contributed by atoms with Crippen LogP contribution in [0.4, 0.5) is 18.9 Å². The predicted octanol–water partition coefficient (Wildman–Crippen LogP) is 4.61. The highest BCUT2D eigenvalue weighted by Gasteiger charge is 2.31. The molecule has 0 aliphatic heterocycles. The molecule has 3 rings (SSSR count). The normalized spacial score (nSPS) is 12.2. The van der Waals surface area contributed by atoms with Crippen molar-refractivity contribution < 1.29 is 21.6 Å². The van der Waals surface area contributed by atoms with Crippen molar-refractivity contribution >= 4 is 26.6 Å². The molecule has 152 valence electrons. The van der Waals surface area contributed by atoms with E-state index >= 15 is 0 Å². The minimum atomic E-state index is -4.48. The fourth-order valence-electron chi connectivity index (χ4n) is 3.29. The molecular weight excluding hydrogens is 403 g/mol. The number of nitrogens with zero attached hydrogens (tertiary/aromatic N) is 3. The molecule has 1 aromatic heterocycles. The molecule has 0 saturated carbocycles. The van der Waals surface area contributed by atoms with Crippen molar-refractivity contribution in [2.75, 3.05) is 17.6 Å². The van der Waals surface area contributed by atoms with Crippen LogP contribution in [0, 0.1) is 11.3 Å². The van der Waals surface area contributed by atoms with Gasteiger partial charge in [0.15, 0.2) is 0 Å². The van der Waals surface area contributed by atoms with E-state index < -0.39 is 21.8 Å². The Bertz CT molecular complexity index is 1220. The molecule has 29 heavy (non-hydrogen) atoms. The van der Waals surface area contributed by atoms with Crippen LogP contribution in [0.5, 0.6) is 0 Å². The van der Waals surface area contributed by atoms with E-state index in [4.69, 9.17) is 0 Å². The number of nitriles is 1. The van der Waals surface area contributed by atoms with Gasteiger partial charge >= 0.3 is 6.18 Å². The summed E-state index contributed by atoms with van der Waals surface area (Å²) in [5, 5.41) is 10.1. The molecule has 0 unspecified atom stereocenters. The third-order valence-electron chi connectivity index (χ3n) is 4.82. The molecule has 9 heteroatoms. The highest BCUT2D eigenvalue weighted by Crippen LogP contribution is 2.38. The number of hydrogen-bond donors (Lipinski definition) is 0. The third-order valence-corrected chi connectivity index (χ3v) is 6.03. The lowest BCUT2D eigenvalue weighted by atomic mass is 10.0. The first-order chi connectivity index (χ1) is 13.5. The minimum Gasteiger partial charge on any atom is -0.340 e. The van der Waals surface area contributed by atoms with Crippen LogP contribution in [0.25, 0.3) is 22.2 Å². The Kier molecular flexibility index (Phi) is 5.09. The Morgan fingerprint density at radius 1 is 1.14 bits per heavy atom. The van der Waals surface area contributed by atoms with Crippen LogP contribution in [0.15, 0.2) is 42.5 Å². The Morgan fingerprint density at radius 3 is 2.24 bits per heavy atom. The van der Waals surface area contributed by atoms with E-state index in [-0.39, 0.29) is 5.56 Å². The first kappa shape index (κ1) is 20.7. The molecule has 2 aromatic carbocycles. The van der Waals surface area contributed by atoms with E-state index in [1.807, 2.05) is 0 Å². The molecule has 1 heterocycles. The number of rotatable bonds is 4. The van der Waals surface area contributed by atoms with Crippen molar-refractivity contribution in [3.8, 4) is 17.3 Å². The summed E-state index contributed by atoms with van der Waals surface area (Å²) in [5.41, 5.74) is 1.37. The molecular formula is C20H18F3N3O2S. The van der Waals surface area contributed by atoms with Gasteiger partial charge in [0.1, 0.15) is 6.07 Å². The number of benzene rings is 2. The third kappa shape index (κ3) is 3.68. The van der Waals surface area contributed by atoms with Crippen molar-refractivity contribution in [2.24, 2.45) is 0 Å². The van der Waals surface area contributed by atoms with Crippen LogP contribution in [-0.4, -0.2) is 26.3 Å². The van der Waals surface area contributed by atoms with Crippen LogP contribution in [0.2, 0.25) is 0 Å². The molecule has 0 aliphatic carbocycles. The summed E-state index contributed by atoms with van der Waals surface area (Å²) in [5.74, 6) is 0. The van der Waals surface area contributed by atoms with Crippen molar-refractivity contribution in [3.63, 3.8) is 0 Å². The largest absolute Gasteiger partial charge is 0.416 e. The van der Waals surface area contributed by atoms with Crippen molar-refractivity contribution in [1.29, 1.82) is 5.26 Å². The van der Waals surface area contributed by atoms with Crippen LogP contribution in [0.1, 0.15) is 18.1 Å². The van der Waals surface area contributed by atoms with E-state index in [1.165, 1.54) is 13.1 Å². The number of fused-ring (bicyclic) bond motifs is 1. The summed E-state index contributed by atoms with van der Waals surface area (Å²) in [6.45, 7) is 2.15. The molecule has 0 fully saturated rings. The van der Waals surface area contributed by atoms with E-state index in [0.29, 0.717) is 34.4 Å². The Labute approximate surface area is 166 Å². The summed E-state index contributed by atoms with van der Waals surface area (Å²) < 4.78 is 65.6. The van der Waals surface area contributed by atoms with Crippen molar-refractivity contribution in [1.82, 2.24) is 4.57 Å². The second-order valence-corrected chi connectivity index (χ2v) is 8.60. The van der Waals surface area contributed by atoms with E-state index in [9.17, 15) is 26.9 Å². The maximum atomic E-state index is 13.2. The number of halogens is 3. The van der Waals surface area contributed by atoms with Gasteiger partial charge in [-0.2, -0.15) is 18.4 Å². The number of anilines is 1. The summed E-state index contributed by atoms with van der Waals surface area (Å²) in [7, 11) is -2.01. The van der Waals surface area contributed by atoms with Gasteiger partial charge in [-0.25, -0.2) is 8.42 Å². The standard InChI is InChI=1S/C20H18F3N3O2S/c1-4-26-18-11-14(20(21,22)23)7-10-16(18)17(12-24)19(26)13-5-8-15(9-6-13)25(2)29(3,27)28/h5-11H,4H2,1-3H3. The average Bonchev–Trinajstić information content (AvgIpc) is 2.98. The highest BCUT2D eigenvalue weighted by molar-refractivity contribution is 7.92. The highest BCUT2D eigenvalue weighted by atomic mass is 32.2.